The highest BCUT2D eigenvalue weighted by Gasteiger charge is 2.15. The lowest BCUT2D eigenvalue weighted by atomic mass is 10.2. The molecule has 94 valence electrons. The molecule has 2 aromatic rings. The van der Waals surface area contributed by atoms with Gasteiger partial charge in [0.05, 0.1) is 16.8 Å². The van der Waals surface area contributed by atoms with E-state index in [4.69, 9.17) is 9.47 Å². The molecule has 1 aromatic carbocycles. The Hall–Kier alpha value is -1.46. The molecule has 1 atom stereocenters. The fourth-order valence-electron chi connectivity index (χ4n) is 2.00. The second-order valence-electron chi connectivity index (χ2n) is 4.21. The fraction of sp³-hybridized carbons (Fsp3) is 0.385. The highest BCUT2D eigenvalue weighted by molar-refractivity contribution is 7.20. The minimum absolute atomic E-state index is 0.152. The monoisotopic (exact) mass is 263 g/mol. The molecule has 0 bridgehead atoms. The normalized spacial score (nSPS) is 19.9. The van der Waals surface area contributed by atoms with E-state index in [1.54, 1.807) is 0 Å². The molecular weight excluding hydrogens is 250 g/mol. The lowest BCUT2D eigenvalue weighted by Gasteiger charge is -2.23. The number of thiazole rings is 1. The summed E-state index contributed by atoms with van der Waals surface area (Å²) in [5.41, 5.74) is 0.801. The zero-order valence-corrected chi connectivity index (χ0v) is 10.6. The molecule has 1 unspecified atom stereocenters. The Labute approximate surface area is 109 Å². The summed E-state index contributed by atoms with van der Waals surface area (Å²) in [6.07, 6.45) is 3.79. The number of hydrogen-bond donors (Lipinski definition) is 0. The van der Waals surface area contributed by atoms with E-state index in [0.717, 1.165) is 48.1 Å². The summed E-state index contributed by atoms with van der Waals surface area (Å²) in [5, 5.41) is 0.496. The second kappa shape index (κ2) is 5.04. The van der Waals surface area contributed by atoms with Gasteiger partial charge in [-0.1, -0.05) is 0 Å². The average molecular weight is 263 g/mol. The van der Waals surface area contributed by atoms with Crippen LogP contribution in [0.3, 0.4) is 0 Å². The van der Waals surface area contributed by atoms with E-state index in [1.165, 1.54) is 11.3 Å². The van der Waals surface area contributed by atoms with Crippen LogP contribution in [0.1, 0.15) is 29.1 Å². The number of ether oxygens (including phenoxy) is 2. The van der Waals surface area contributed by atoms with E-state index in [9.17, 15) is 4.79 Å². The van der Waals surface area contributed by atoms with Crippen molar-refractivity contribution in [3.8, 4) is 5.75 Å². The van der Waals surface area contributed by atoms with Crippen LogP contribution in [0.2, 0.25) is 0 Å². The Morgan fingerprint density at radius 3 is 3.17 bits per heavy atom. The molecule has 18 heavy (non-hydrogen) atoms. The van der Waals surface area contributed by atoms with Crippen LogP contribution in [0, 0.1) is 0 Å². The van der Waals surface area contributed by atoms with Gasteiger partial charge in [0.15, 0.2) is 17.6 Å². The first kappa shape index (κ1) is 11.6. The summed E-state index contributed by atoms with van der Waals surface area (Å²) in [5.74, 6) is 0.747. The highest BCUT2D eigenvalue weighted by atomic mass is 32.1. The molecule has 0 saturated carbocycles. The lowest BCUT2D eigenvalue weighted by molar-refractivity contribution is -0.105. The summed E-state index contributed by atoms with van der Waals surface area (Å²) in [6, 6.07) is 5.68. The van der Waals surface area contributed by atoms with Crippen molar-refractivity contribution in [1.82, 2.24) is 4.98 Å². The smallest absolute Gasteiger partial charge is 0.199 e. The Kier molecular flexibility index (Phi) is 3.25. The highest BCUT2D eigenvalue weighted by Crippen LogP contribution is 2.27. The van der Waals surface area contributed by atoms with E-state index in [-0.39, 0.29) is 6.29 Å². The van der Waals surface area contributed by atoms with Crippen molar-refractivity contribution in [2.45, 2.75) is 25.6 Å². The van der Waals surface area contributed by atoms with Crippen LogP contribution in [0.4, 0.5) is 0 Å². The van der Waals surface area contributed by atoms with E-state index >= 15 is 0 Å². The van der Waals surface area contributed by atoms with Gasteiger partial charge in [0.25, 0.3) is 0 Å². The minimum atomic E-state index is -0.152. The third-order valence-electron chi connectivity index (χ3n) is 2.88. The molecule has 5 heteroatoms. The summed E-state index contributed by atoms with van der Waals surface area (Å²) in [4.78, 5) is 14.9. The lowest BCUT2D eigenvalue weighted by Crippen LogP contribution is -2.24. The summed E-state index contributed by atoms with van der Waals surface area (Å²) >= 11 is 1.39. The first-order valence-electron chi connectivity index (χ1n) is 5.99. The largest absolute Gasteiger partial charge is 0.465 e. The number of nitrogens with zero attached hydrogens (tertiary/aromatic N) is 1. The van der Waals surface area contributed by atoms with Crippen LogP contribution >= 0.6 is 11.3 Å². The number of aldehydes is 1. The zero-order valence-electron chi connectivity index (χ0n) is 9.80. The van der Waals surface area contributed by atoms with Gasteiger partial charge in [-0.05, 0) is 25.0 Å². The Balaban J connectivity index is 1.81. The van der Waals surface area contributed by atoms with Crippen molar-refractivity contribution >= 4 is 27.8 Å². The maximum Gasteiger partial charge on any atom is 0.199 e. The number of aromatic nitrogens is 1. The molecule has 1 fully saturated rings. The number of rotatable bonds is 3. The predicted molar refractivity (Wildman–Crippen MR) is 69.2 cm³/mol. The van der Waals surface area contributed by atoms with E-state index in [2.05, 4.69) is 4.98 Å². The van der Waals surface area contributed by atoms with Crippen LogP contribution in [0.15, 0.2) is 18.2 Å². The average Bonchev–Trinajstić information content (AvgIpc) is 2.82. The summed E-state index contributed by atoms with van der Waals surface area (Å²) < 4.78 is 12.3. The molecule has 1 aliphatic heterocycles. The van der Waals surface area contributed by atoms with E-state index < -0.39 is 0 Å². The molecular formula is C13H13NO3S. The summed E-state index contributed by atoms with van der Waals surface area (Å²) in [6.45, 7) is 0.763. The third kappa shape index (κ3) is 2.37. The quantitative estimate of drug-likeness (QED) is 0.799. The standard InChI is InChI=1S/C13H13NO3S/c15-8-12-14-10-7-9(4-5-11(10)18-12)17-13-3-1-2-6-16-13/h4-5,7-8,13H,1-3,6H2. The van der Waals surface area contributed by atoms with Gasteiger partial charge >= 0.3 is 0 Å². The van der Waals surface area contributed by atoms with E-state index in [0.29, 0.717) is 5.01 Å². The Morgan fingerprint density at radius 2 is 2.39 bits per heavy atom. The zero-order chi connectivity index (χ0) is 12.4. The fourth-order valence-corrected chi connectivity index (χ4v) is 2.77. The molecule has 4 nitrogen and oxygen atoms in total. The van der Waals surface area contributed by atoms with Crippen LogP contribution in [0.5, 0.6) is 5.75 Å². The molecule has 1 saturated heterocycles. The molecule has 3 rings (SSSR count). The van der Waals surface area contributed by atoms with Gasteiger partial charge < -0.3 is 9.47 Å². The Morgan fingerprint density at radius 1 is 1.44 bits per heavy atom. The summed E-state index contributed by atoms with van der Waals surface area (Å²) in [7, 11) is 0. The Bertz CT molecular complexity index is 560. The number of carbonyl (C=O) groups is 1. The molecule has 0 radical (unpaired) electrons. The van der Waals surface area contributed by atoms with Gasteiger partial charge in [0, 0.05) is 12.5 Å². The number of benzene rings is 1. The molecule has 1 aromatic heterocycles. The molecule has 0 amide bonds. The van der Waals surface area contributed by atoms with Crippen molar-refractivity contribution in [3.05, 3.63) is 23.2 Å². The molecule has 0 spiro atoms. The predicted octanol–water partition coefficient (Wildman–Crippen LogP) is 3.01. The second-order valence-corrected chi connectivity index (χ2v) is 5.28. The first-order chi connectivity index (χ1) is 8.85. The van der Waals surface area contributed by atoms with Crippen LogP contribution in [-0.4, -0.2) is 24.2 Å². The molecule has 0 N–H and O–H groups in total. The van der Waals surface area contributed by atoms with Gasteiger partial charge in [0.1, 0.15) is 5.75 Å². The van der Waals surface area contributed by atoms with Gasteiger partial charge in [-0.15, -0.1) is 11.3 Å². The molecule has 1 aliphatic rings. The van der Waals surface area contributed by atoms with Gasteiger partial charge in [-0.2, -0.15) is 0 Å². The molecule has 0 aliphatic carbocycles. The number of carbonyl (C=O) groups excluding carboxylic acids is 1. The van der Waals surface area contributed by atoms with Crippen molar-refractivity contribution in [1.29, 1.82) is 0 Å². The van der Waals surface area contributed by atoms with Crippen molar-refractivity contribution in [2.75, 3.05) is 6.61 Å². The topological polar surface area (TPSA) is 48.4 Å². The van der Waals surface area contributed by atoms with Gasteiger partial charge in [0.2, 0.25) is 0 Å². The maximum atomic E-state index is 10.7. The SMILES string of the molecule is O=Cc1nc2cc(OC3CCCCO3)ccc2s1. The minimum Gasteiger partial charge on any atom is -0.465 e. The van der Waals surface area contributed by atoms with Crippen molar-refractivity contribution in [2.24, 2.45) is 0 Å². The van der Waals surface area contributed by atoms with Crippen LogP contribution in [-0.2, 0) is 4.74 Å². The van der Waals surface area contributed by atoms with Gasteiger partial charge in [-0.3, -0.25) is 4.79 Å². The van der Waals surface area contributed by atoms with E-state index in [1.807, 2.05) is 18.2 Å². The van der Waals surface area contributed by atoms with Crippen molar-refractivity contribution in [3.63, 3.8) is 0 Å². The van der Waals surface area contributed by atoms with Crippen LogP contribution < -0.4 is 4.74 Å². The third-order valence-corrected chi connectivity index (χ3v) is 3.84. The molecule has 2 heterocycles. The first-order valence-corrected chi connectivity index (χ1v) is 6.81. The maximum absolute atomic E-state index is 10.7. The number of hydrogen-bond acceptors (Lipinski definition) is 5. The van der Waals surface area contributed by atoms with Crippen LogP contribution in [0.25, 0.3) is 10.2 Å². The van der Waals surface area contributed by atoms with Crippen molar-refractivity contribution < 1.29 is 14.3 Å². The number of fused-ring (bicyclic) bond motifs is 1. The van der Waals surface area contributed by atoms with Gasteiger partial charge in [-0.25, -0.2) is 4.98 Å².